The summed E-state index contributed by atoms with van der Waals surface area (Å²) in [5.41, 5.74) is 5.93. The van der Waals surface area contributed by atoms with Crippen molar-refractivity contribution in [3.8, 4) is 5.69 Å². The Kier molecular flexibility index (Phi) is 6.22. The molecule has 0 saturated carbocycles. The average molecular weight is 463 g/mol. The van der Waals surface area contributed by atoms with E-state index in [-0.39, 0.29) is 17.1 Å². The molecule has 3 aromatic carbocycles. The van der Waals surface area contributed by atoms with Crippen LogP contribution in [-0.2, 0) is 0 Å². The Labute approximate surface area is 196 Å². The molecule has 162 valence electrons. The van der Waals surface area contributed by atoms with Crippen molar-refractivity contribution in [2.24, 2.45) is 0 Å². The van der Waals surface area contributed by atoms with Gasteiger partial charge in [0.05, 0.1) is 22.3 Å². The molecule has 1 aromatic heterocycles. The number of aryl methyl sites for hydroxylation is 4. The monoisotopic (exact) mass is 462 g/mol. The van der Waals surface area contributed by atoms with Crippen LogP contribution in [0.1, 0.15) is 32.6 Å². The van der Waals surface area contributed by atoms with E-state index in [0.717, 1.165) is 27.9 Å². The minimum atomic E-state index is -0.182. The minimum absolute atomic E-state index is 0.00683. The lowest BCUT2D eigenvalue weighted by atomic mass is 9.99. The highest BCUT2D eigenvalue weighted by Gasteiger charge is 2.18. The number of carbonyl (C=O) groups excluding carboxylic acids is 1. The van der Waals surface area contributed by atoms with Crippen molar-refractivity contribution >= 4 is 40.0 Å². The molecule has 0 aliphatic heterocycles. The zero-order chi connectivity index (χ0) is 23.0. The molecule has 0 aliphatic rings. The highest BCUT2D eigenvalue weighted by Crippen LogP contribution is 2.26. The summed E-state index contributed by atoms with van der Waals surface area (Å²) in [7, 11) is 0. The third-order valence-electron chi connectivity index (χ3n) is 5.63. The molecule has 4 nitrogen and oxygen atoms in total. The van der Waals surface area contributed by atoms with E-state index in [1.54, 1.807) is 22.8 Å². The van der Waals surface area contributed by atoms with E-state index >= 15 is 0 Å². The first-order valence-electron chi connectivity index (χ1n) is 10.3. The van der Waals surface area contributed by atoms with Crippen molar-refractivity contribution < 1.29 is 4.79 Å². The average Bonchev–Trinajstić information content (AvgIpc) is 2.75. The molecule has 32 heavy (non-hydrogen) atoms. The Balaban J connectivity index is 1.80. The quantitative estimate of drug-likeness (QED) is 0.200. The Morgan fingerprint density at radius 2 is 1.66 bits per heavy atom. The molecule has 0 aliphatic carbocycles. The van der Waals surface area contributed by atoms with Crippen molar-refractivity contribution in [1.82, 2.24) is 9.55 Å². The van der Waals surface area contributed by atoms with E-state index in [2.05, 4.69) is 0 Å². The van der Waals surface area contributed by atoms with Crippen LogP contribution in [0.2, 0.25) is 5.02 Å². The largest absolute Gasteiger partial charge is 0.293 e. The zero-order valence-electron chi connectivity index (χ0n) is 18.4. The molecule has 0 atom stereocenters. The number of aromatic nitrogens is 2. The van der Waals surface area contributed by atoms with Crippen LogP contribution in [0.3, 0.4) is 0 Å². The summed E-state index contributed by atoms with van der Waals surface area (Å²) < 4.78 is 1.59. The van der Waals surface area contributed by atoms with E-state index in [0.29, 0.717) is 26.6 Å². The molecule has 1 heterocycles. The van der Waals surface area contributed by atoms with E-state index in [1.807, 2.05) is 64.1 Å². The fourth-order valence-electron chi connectivity index (χ4n) is 3.73. The summed E-state index contributed by atoms with van der Waals surface area (Å²) in [5, 5.41) is 1.46. The third-order valence-corrected chi connectivity index (χ3v) is 6.80. The summed E-state index contributed by atoms with van der Waals surface area (Å²) in [6, 6.07) is 16.7. The van der Waals surface area contributed by atoms with Gasteiger partial charge in [0, 0.05) is 10.6 Å². The van der Waals surface area contributed by atoms with Gasteiger partial charge in [-0.05, 0) is 80.3 Å². The molecular weight excluding hydrogens is 440 g/mol. The van der Waals surface area contributed by atoms with Gasteiger partial charge in [-0.25, -0.2) is 4.98 Å². The normalized spacial score (nSPS) is 11.2. The maximum atomic E-state index is 13.4. The number of fused-ring (bicyclic) bond motifs is 1. The summed E-state index contributed by atoms with van der Waals surface area (Å²) in [5.74, 6) is 0.181. The summed E-state index contributed by atoms with van der Waals surface area (Å²) in [6.07, 6.45) is 0. The van der Waals surface area contributed by atoms with Crippen LogP contribution in [0.5, 0.6) is 0 Å². The van der Waals surface area contributed by atoms with Crippen molar-refractivity contribution in [3.05, 3.63) is 97.8 Å². The second kappa shape index (κ2) is 8.93. The summed E-state index contributed by atoms with van der Waals surface area (Å²) in [4.78, 5) is 31.2. The molecule has 4 aromatic rings. The van der Waals surface area contributed by atoms with E-state index in [9.17, 15) is 9.59 Å². The number of hydrogen-bond acceptors (Lipinski definition) is 4. The molecule has 0 bridgehead atoms. The first-order chi connectivity index (χ1) is 15.3. The van der Waals surface area contributed by atoms with Crippen LogP contribution in [0.25, 0.3) is 16.6 Å². The van der Waals surface area contributed by atoms with Crippen molar-refractivity contribution in [2.45, 2.75) is 32.9 Å². The van der Waals surface area contributed by atoms with Gasteiger partial charge in [0.25, 0.3) is 5.56 Å². The Hall–Kier alpha value is -2.89. The van der Waals surface area contributed by atoms with Crippen LogP contribution < -0.4 is 5.56 Å². The van der Waals surface area contributed by atoms with Crippen molar-refractivity contribution in [2.75, 3.05) is 5.75 Å². The highest BCUT2D eigenvalue weighted by atomic mass is 35.5. The second-order valence-electron chi connectivity index (χ2n) is 7.95. The number of nitrogens with zero attached hydrogens (tertiary/aromatic N) is 2. The lowest BCUT2D eigenvalue weighted by molar-refractivity contribution is 0.102. The van der Waals surface area contributed by atoms with E-state index in [1.165, 1.54) is 11.8 Å². The number of rotatable bonds is 5. The lowest BCUT2D eigenvalue weighted by Crippen LogP contribution is -2.23. The highest BCUT2D eigenvalue weighted by molar-refractivity contribution is 7.99. The first-order valence-corrected chi connectivity index (χ1v) is 11.6. The van der Waals surface area contributed by atoms with Gasteiger partial charge in [0.2, 0.25) is 0 Å². The van der Waals surface area contributed by atoms with Crippen molar-refractivity contribution in [3.63, 3.8) is 0 Å². The molecule has 0 spiro atoms. The van der Waals surface area contributed by atoms with Gasteiger partial charge in [0.15, 0.2) is 10.9 Å². The third kappa shape index (κ3) is 4.23. The first kappa shape index (κ1) is 22.3. The van der Waals surface area contributed by atoms with E-state index < -0.39 is 0 Å². The standard InChI is InChI=1S/C26H23ClN2O2S/c1-15-7-5-6-8-23(15)29-25(31)20-10-9-19(27)13-22(20)28-26(29)32-14-24(30)21-12-17(3)16(2)11-18(21)4/h5-13H,14H2,1-4H3. The van der Waals surface area contributed by atoms with Gasteiger partial charge in [-0.15, -0.1) is 0 Å². The molecule has 4 rings (SSSR count). The Morgan fingerprint density at radius 3 is 2.41 bits per heavy atom. The summed E-state index contributed by atoms with van der Waals surface area (Å²) >= 11 is 7.41. The van der Waals surface area contributed by atoms with Crippen LogP contribution in [0, 0.1) is 27.7 Å². The van der Waals surface area contributed by atoms with Crippen LogP contribution >= 0.6 is 23.4 Å². The second-order valence-corrected chi connectivity index (χ2v) is 9.33. The van der Waals surface area contributed by atoms with Gasteiger partial charge in [-0.1, -0.05) is 47.6 Å². The number of carbonyl (C=O) groups is 1. The molecule has 0 unspecified atom stereocenters. The Morgan fingerprint density at radius 1 is 0.938 bits per heavy atom. The Bertz CT molecular complexity index is 1430. The van der Waals surface area contributed by atoms with Gasteiger partial charge in [-0.3, -0.25) is 14.2 Å². The number of halogens is 1. The number of hydrogen-bond donors (Lipinski definition) is 0. The zero-order valence-corrected chi connectivity index (χ0v) is 20.0. The van der Waals surface area contributed by atoms with Crippen LogP contribution in [0.15, 0.2) is 64.5 Å². The molecule has 0 fully saturated rings. The predicted octanol–water partition coefficient (Wildman–Crippen LogP) is 6.25. The SMILES string of the molecule is Cc1cc(C)c(C(=O)CSc2nc3cc(Cl)ccc3c(=O)n2-c2ccccc2C)cc1C. The number of thioether (sulfide) groups is 1. The van der Waals surface area contributed by atoms with Gasteiger partial charge in [0.1, 0.15) is 0 Å². The number of Topliss-reactive ketones (excluding diaryl/α,β-unsaturated/α-hetero) is 1. The fraction of sp³-hybridized carbons (Fsp3) is 0.192. The van der Waals surface area contributed by atoms with Crippen molar-refractivity contribution in [1.29, 1.82) is 0 Å². The number of ketones is 1. The molecule has 0 N–H and O–H groups in total. The molecule has 0 amide bonds. The smallest absolute Gasteiger partial charge is 0.266 e. The van der Waals surface area contributed by atoms with Gasteiger partial charge < -0.3 is 0 Å². The van der Waals surface area contributed by atoms with Gasteiger partial charge >= 0.3 is 0 Å². The maximum absolute atomic E-state index is 13.4. The lowest BCUT2D eigenvalue weighted by Gasteiger charge is -2.15. The van der Waals surface area contributed by atoms with E-state index in [4.69, 9.17) is 16.6 Å². The molecular formula is C26H23ClN2O2S. The molecule has 0 saturated heterocycles. The minimum Gasteiger partial charge on any atom is -0.293 e. The topological polar surface area (TPSA) is 52.0 Å². The molecule has 6 heteroatoms. The molecule has 0 radical (unpaired) electrons. The fourth-order valence-corrected chi connectivity index (χ4v) is 4.79. The van der Waals surface area contributed by atoms with Crippen LogP contribution in [0.4, 0.5) is 0 Å². The number of para-hydroxylation sites is 1. The summed E-state index contributed by atoms with van der Waals surface area (Å²) in [6.45, 7) is 7.94. The number of benzene rings is 3. The maximum Gasteiger partial charge on any atom is 0.266 e. The van der Waals surface area contributed by atoms with Crippen LogP contribution in [-0.4, -0.2) is 21.1 Å². The predicted molar refractivity (Wildman–Crippen MR) is 133 cm³/mol. The van der Waals surface area contributed by atoms with Gasteiger partial charge in [-0.2, -0.15) is 0 Å².